The van der Waals surface area contributed by atoms with Crippen molar-refractivity contribution in [3.8, 4) is 11.9 Å². The van der Waals surface area contributed by atoms with Crippen LogP contribution in [0, 0.1) is 11.5 Å². The first kappa shape index (κ1) is 10.9. The maximum atomic E-state index is 10.4. The van der Waals surface area contributed by atoms with Crippen LogP contribution in [0.1, 0.15) is 0 Å². The molecule has 0 spiro atoms. The molecule has 1 rings (SSSR count). The lowest BCUT2D eigenvalue weighted by Gasteiger charge is -2.12. The average molecular weight is 206 g/mol. The average Bonchev–Trinajstić information content (AvgIpc) is 2.26. The summed E-state index contributed by atoms with van der Waals surface area (Å²) in [5.74, 6) is -0.390. The molecule has 78 valence electrons. The van der Waals surface area contributed by atoms with Crippen LogP contribution in [0.5, 0.6) is 5.75 Å². The van der Waals surface area contributed by atoms with E-state index in [1.165, 1.54) is 7.11 Å². The number of benzene rings is 1. The van der Waals surface area contributed by atoms with Crippen molar-refractivity contribution in [1.82, 2.24) is 0 Å². The monoisotopic (exact) mass is 206 g/mol. The molecule has 0 aromatic heterocycles. The highest BCUT2D eigenvalue weighted by molar-refractivity contribution is 5.75. The molecule has 0 unspecified atom stereocenters. The number of carboxylic acid groups (broad SMARTS) is 1. The number of aliphatic carboxylic acids is 1. The van der Waals surface area contributed by atoms with E-state index in [-0.39, 0.29) is 6.54 Å². The van der Waals surface area contributed by atoms with E-state index in [9.17, 15) is 4.79 Å². The van der Waals surface area contributed by atoms with E-state index in [4.69, 9.17) is 15.1 Å². The SMILES string of the molecule is COc1ccc(N(C#N)CC(=O)O)cc1. The molecular formula is C10H10N2O3. The molecule has 1 N–H and O–H groups in total. The zero-order valence-electron chi connectivity index (χ0n) is 8.17. The van der Waals surface area contributed by atoms with Crippen LogP contribution < -0.4 is 9.64 Å². The Balaban J connectivity index is 2.84. The number of rotatable bonds is 4. The van der Waals surface area contributed by atoms with E-state index in [0.29, 0.717) is 11.4 Å². The molecular weight excluding hydrogens is 196 g/mol. The van der Waals surface area contributed by atoms with Crippen LogP contribution >= 0.6 is 0 Å². The molecule has 1 aromatic carbocycles. The van der Waals surface area contributed by atoms with Crippen LogP contribution in [-0.4, -0.2) is 24.7 Å². The Labute approximate surface area is 87.1 Å². The third-order valence-electron chi connectivity index (χ3n) is 1.80. The van der Waals surface area contributed by atoms with E-state index >= 15 is 0 Å². The van der Waals surface area contributed by atoms with Gasteiger partial charge in [-0.05, 0) is 24.3 Å². The normalized spacial score (nSPS) is 9.07. The Bertz CT molecular complexity index is 381. The van der Waals surface area contributed by atoms with Gasteiger partial charge in [-0.25, -0.2) is 0 Å². The number of hydrogen-bond donors (Lipinski definition) is 1. The van der Waals surface area contributed by atoms with Crippen molar-refractivity contribution in [1.29, 1.82) is 5.26 Å². The Morgan fingerprint density at radius 2 is 2.13 bits per heavy atom. The van der Waals surface area contributed by atoms with Gasteiger partial charge in [0.2, 0.25) is 0 Å². The zero-order chi connectivity index (χ0) is 11.3. The van der Waals surface area contributed by atoms with Crippen LogP contribution in [0.4, 0.5) is 5.69 Å². The maximum absolute atomic E-state index is 10.4. The highest BCUT2D eigenvalue weighted by Gasteiger charge is 2.09. The molecule has 0 saturated carbocycles. The van der Waals surface area contributed by atoms with E-state index < -0.39 is 5.97 Å². The fourth-order valence-electron chi connectivity index (χ4n) is 1.08. The van der Waals surface area contributed by atoms with E-state index in [1.807, 2.05) is 0 Å². The summed E-state index contributed by atoms with van der Waals surface area (Å²) in [6.45, 7) is -0.344. The summed E-state index contributed by atoms with van der Waals surface area (Å²) < 4.78 is 4.95. The Morgan fingerprint density at radius 3 is 2.53 bits per heavy atom. The second-order valence-corrected chi connectivity index (χ2v) is 2.78. The molecule has 0 bridgehead atoms. The number of nitriles is 1. The van der Waals surface area contributed by atoms with Crippen LogP contribution in [0.2, 0.25) is 0 Å². The summed E-state index contributed by atoms with van der Waals surface area (Å²) in [7, 11) is 1.54. The van der Waals surface area contributed by atoms with E-state index in [1.54, 1.807) is 30.5 Å². The van der Waals surface area contributed by atoms with Crippen molar-refractivity contribution in [3.63, 3.8) is 0 Å². The molecule has 0 aliphatic rings. The summed E-state index contributed by atoms with van der Waals surface area (Å²) in [5.41, 5.74) is 0.528. The number of carbonyl (C=O) groups is 1. The third kappa shape index (κ3) is 2.88. The van der Waals surface area contributed by atoms with Gasteiger partial charge in [0, 0.05) is 0 Å². The molecule has 0 fully saturated rings. The van der Waals surface area contributed by atoms with Gasteiger partial charge in [-0.1, -0.05) is 0 Å². The topological polar surface area (TPSA) is 73.6 Å². The summed E-state index contributed by atoms with van der Waals surface area (Å²) >= 11 is 0. The summed E-state index contributed by atoms with van der Waals surface area (Å²) in [4.78, 5) is 11.5. The standard InChI is InChI=1S/C10H10N2O3/c1-15-9-4-2-8(3-5-9)12(7-11)6-10(13)14/h2-5H,6H2,1H3,(H,13,14). The lowest BCUT2D eigenvalue weighted by Crippen LogP contribution is -2.24. The Morgan fingerprint density at radius 1 is 1.53 bits per heavy atom. The number of methoxy groups -OCH3 is 1. The van der Waals surface area contributed by atoms with Gasteiger partial charge in [-0.2, -0.15) is 5.26 Å². The van der Waals surface area contributed by atoms with Crippen LogP contribution in [0.15, 0.2) is 24.3 Å². The molecule has 15 heavy (non-hydrogen) atoms. The second-order valence-electron chi connectivity index (χ2n) is 2.78. The lowest BCUT2D eigenvalue weighted by atomic mass is 10.3. The predicted molar refractivity (Wildman–Crippen MR) is 53.6 cm³/mol. The molecule has 0 amide bonds. The highest BCUT2D eigenvalue weighted by Crippen LogP contribution is 2.18. The Hall–Kier alpha value is -2.22. The quantitative estimate of drug-likeness (QED) is 0.589. The number of hydrogen-bond acceptors (Lipinski definition) is 4. The fraction of sp³-hybridized carbons (Fsp3) is 0.200. The molecule has 0 saturated heterocycles. The van der Waals surface area contributed by atoms with Gasteiger partial charge in [0.25, 0.3) is 0 Å². The van der Waals surface area contributed by atoms with Gasteiger partial charge in [-0.15, -0.1) is 0 Å². The van der Waals surface area contributed by atoms with Crippen molar-refractivity contribution in [2.24, 2.45) is 0 Å². The number of ether oxygens (including phenoxy) is 1. The van der Waals surface area contributed by atoms with Gasteiger partial charge in [-0.3, -0.25) is 9.69 Å². The third-order valence-corrected chi connectivity index (χ3v) is 1.80. The minimum absolute atomic E-state index is 0.344. The first-order valence-electron chi connectivity index (χ1n) is 4.20. The van der Waals surface area contributed by atoms with Crippen LogP contribution in [0.3, 0.4) is 0 Å². The van der Waals surface area contributed by atoms with Crippen molar-refractivity contribution in [2.75, 3.05) is 18.6 Å². The minimum Gasteiger partial charge on any atom is -0.497 e. The summed E-state index contributed by atoms with van der Waals surface area (Å²) in [6, 6.07) is 6.60. The highest BCUT2D eigenvalue weighted by atomic mass is 16.5. The van der Waals surface area contributed by atoms with Gasteiger partial charge in [0.05, 0.1) is 12.8 Å². The van der Waals surface area contributed by atoms with Gasteiger partial charge < -0.3 is 9.84 Å². The zero-order valence-corrected chi connectivity index (χ0v) is 8.17. The smallest absolute Gasteiger partial charge is 0.324 e. The fourth-order valence-corrected chi connectivity index (χ4v) is 1.08. The van der Waals surface area contributed by atoms with Gasteiger partial charge in [0.1, 0.15) is 12.3 Å². The number of nitrogens with zero attached hydrogens (tertiary/aromatic N) is 2. The first-order chi connectivity index (χ1) is 7.17. The number of anilines is 1. The first-order valence-corrected chi connectivity index (χ1v) is 4.20. The van der Waals surface area contributed by atoms with E-state index in [2.05, 4.69) is 0 Å². The van der Waals surface area contributed by atoms with Crippen molar-refractivity contribution in [2.45, 2.75) is 0 Å². The molecule has 5 heteroatoms. The molecule has 0 radical (unpaired) electrons. The molecule has 0 heterocycles. The molecule has 0 aliphatic carbocycles. The van der Waals surface area contributed by atoms with Crippen LogP contribution in [-0.2, 0) is 4.79 Å². The number of carboxylic acids is 1. The molecule has 0 aliphatic heterocycles. The Kier molecular flexibility index (Phi) is 3.52. The molecule has 5 nitrogen and oxygen atoms in total. The van der Waals surface area contributed by atoms with Gasteiger partial charge in [0.15, 0.2) is 6.19 Å². The summed E-state index contributed by atoms with van der Waals surface area (Å²) in [6.07, 6.45) is 1.80. The minimum atomic E-state index is -1.05. The van der Waals surface area contributed by atoms with Crippen molar-refractivity contribution >= 4 is 11.7 Å². The van der Waals surface area contributed by atoms with Crippen molar-refractivity contribution < 1.29 is 14.6 Å². The lowest BCUT2D eigenvalue weighted by molar-refractivity contribution is -0.135. The van der Waals surface area contributed by atoms with E-state index in [0.717, 1.165) is 4.90 Å². The molecule has 0 atom stereocenters. The van der Waals surface area contributed by atoms with Crippen molar-refractivity contribution in [3.05, 3.63) is 24.3 Å². The van der Waals surface area contributed by atoms with Gasteiger partial charge >= 0.3 is 5.97 Å². The van der Waals surface area contributed by atoms with Crippen LogP contribution in [0.25, 0.3) is 0 Å². The second kappa shape index (κ2) is 4.86. The largest absolute Gasteiger partial charge is 0.497 e. The molecule has 1 aromatic rings. The maximum Gasteiger partial charge on any atom is 0.324 e. The summed E-state index contributed by atoms with van der Waals surface area (Å²) in [5, 5.41) is 17.3. The predicted octanol–water partition coefficient (Wildman–Crippen LogP) is 1.07.